The van der Waals surface area contributed by atoms with Gasteiger partial charge in [0.2, 0.25) is 10.0 Å². The summed E-state index contributed by atoms with van der Waals surface area (Å²) in [6, 6.07) is 12.2. The molecule has 0 saturated carbocycles. The van der Waals surface area contributed by atoms with Crippen LogP contribution in [0.3, 0.4) is 0 Å². The molecule has 24 heavy (non-hydrogen) atoms. The molecular weight excluding hydrogens is 369 g/mol. The zero-order valence-electron chi connectivity index (χ0n) is 12.6. The van der Waals surface area contributed by atoms with Crippen molar-refractivity contribution in [1.82, 2.24) is 14.3 Å². The fourth-order valence-corrected chi connectivity index (χ4v) is 4.24. The standard InChI is InChI=1S/C16H15Cl2N3O2S/c17-12-6-7-13(18)16(10-12)24(22,23)20-8-3-9-21-11-19-14-4-1-2-5-15(14)21/h1-2,4-7,10-11,20H,3,8-9H2. The Labute approximate surface area is 150 Å². The molecule has 0 saturated heterocycles. The fraction of sp³-hybridized carbons (Fsp3) is 0.188. The summed E-state index contributed by atoms with van der Waals surface area (Å²) in [5.41, 5.74) is 1.95. The van der Waals surface area contributed by atoms with E-state index in [1.165, 1.54) is 12.1 Å². The van der Waals surface area contributed by atoms with Crippen molar-refractivity contribution in [2.75, 3.05) is 6.54 Å². The number of nitrogens with zero attached hydrogens (tertiary/aromatic N) is 2. The van der Waals surface area contributed by atoms with Gasteiger partial charge in [0.05, 0.1) is 22.4 Å². The second-order valence-electron chi connectivity index (χ2n) is 5.25. The maximum Gasteiger partial charge on any atom is 0.242 e. The summed E-state index contributed by atoms with van der Waals surface area (Å²) in [4.78, 5) is 4.30. The van der Waals surface area contributed by atoms with E-state index in [-0.39, 0.29) is 16.5 Å². The van der Waals surface area contributed by atoms with Crippen molar-refractivity contribution < 1.29 is 8.42 Å². The molecule has 0 bridgehead atoms. The molecular formula is C16H15Cl2N3O2S. The quantitative estimate of drug-likeness (QED) is 0.659. The molecule has 2 aromatic carbocycles. The number of nitrogens with one attached hydrogen (secondary N) is 1. The number of halogens is 2. The lowest BCUT2D eigenvalue weighted by Gasteiger charge is -2.09. The van der Waals surface area contributed by atoms with Crippen molar-refractivity contribution in [2.45, 2.75) is 17.9 Å². The molecule has 0 fully saturated rings. The van der Waals surface area contributed by atoms with Crippen molar-refractivity contribution >= 4 is 44.3 Å². The number of hydrogen-bond acceptors (Lipinski definition) is 3. The zero-order valence-corrected chi connectivity index (χ0v) is 14.9. The van der Waals surface area contributed by atoms with Crippen molar-refractivity contribution in [3.05, 3.63) is 58.8 Å². The summed E-state index contributed by atoms with van der Waals surface area (Å²) in [5, 5.41) is 0.470. The molecule has 0 atom stereocenters. The topological polar surface area (TPSA) is 64.0 Å². The summed E-state index contributed by atoms with van der Waals surface area (Å²) in [5.74, 6) is 0. The van der Waals surface area contributed by atoms with Crippen molar-refractivity contribution in [2.24, 2.45) is 0 Å². The van der Waals surface area contributed by atoms with Crippen LogP contribution in [0.2, 0.25) is 10.0 Å². The molecule has 3 aromatic rings. The summed E-state index contributed by atoms with van der Waals surface area (Å²) < 4.78 is 29.2. The van der Waals surface area contributed by atoms with Crippen LogP contribution in [0.4, 0.5) is 0 Å². The van der Waals surface area contributed by atoms with Crippen LogP contribution in [0.5, 0.6) is 0 Å². The number of para-hydroxylation sites is 2. The van der Waals surface area contributed by atoms with Crippen molar-refractivity contribution in [3.63, 3.8) is 0 Å². The Morgan fingerprint density at radius 1 is 1.12 bits per heavy atom. The lowest BCUT2D eigenvalue weighted by molar-refractivity contribution is 0.571. The fourth-order valence-electron chi connectivity index (χ4n) is 2.41. The normalized spacial score (nSPS) is 11.9. The Bertz CT molecular complexity index is 970. The molecule has 0 radical (unpaired) electrons. The first-order valence-electron chi connectivity index (χ1n) is 7.32. The predicted octanol–water partition coefficient (Wildman–Crippen LogP) is 3.71. The molecule has 0 spiro atoms. The third-order valence-corrected chi connectivity index (χ3v) is 5.76. The summed E-state index contributed by atoms with van der Waals surface area (Å²) in [7, 11) is -3.69. The van der Waals surface area contributed by atoms with Gasteiger partial charge in [0, 0.05) is 18.1 Å². The maximum atomic E-state index is 12.3. The van der Waals surface area contributed by atoms with Gasteiger partial charge >= 0.3 is 0 Å². The van der Waals surface area contributed by atoms with E-state index < -0.39 is 10.0 Å². The third kappa shape index (κ3) is 3.72. The Kier molecular flexibility index (Phi) is 5.10. The van der Waals surface area contributed by atoms with Crippen LogP contribution in [0.15, 0.2) is 53.7 Å². The molecule has 1 N–H and O–H groups in total. The average Bonchev–Trinajstić information content (AvgIpc) is 2.97. The second kappa shape index (κ2) is 7.11. The first-order valence-corrected chi connectivity index (χ1v) is 9.56. The van der Waals surface area contributed by atoms with Gasteiger partial charge in [-0.25, -0.2) is 18.1 Å². The highest BCUT2D eigenvalue weighted by Gasteiger charge is 2.17. The van der Waals surface area contributed by atoms with E-state index in [2.05, 4.69) is 9.71 Å². The van der Waals surface area contributed by atoms with Gasteiger partial charge in [-0.05, 0) is 36.8 Å². The van der Waals surface area contributed by atoms with Gasteiger partial charge in [-0.1, -0.05) is 35.3 Å². The van der Waals surface area contributed by atoms with Gasteiger partial charge in [-0.2, -0.15) is 0 Å². The third-order valence-electron chi connectivity index (χ3n) is 3.58. The van der Waals surface area contributed by atoms with Gasteiger partial charge in [-0.3, -0.25) is 0 Å². The van der Waals surface area contributed by atoms with E-state index in [4.69, 9.17) is 23.2 Å². The van der Waals surface area contributed by atoms with Crippen LogP contribution in [0.25, 0.3) is 11.0 Å². The Hall–Kier alpha value is -1.60. The van der Waals surface area contributed by atoms with Crippen LogP contribution in [0.1, 0.15) is 6.42 Å². The monoisotopic (exact) mass is 383 g/mol. The molecule has 0 amide bonds. The molecule has 0 unspecified atom stereocenters. The number of rotatable bonds is 6. The van der Waals surface area contributed by atoms with E-state index in [0.717, 1.165) is 11.0 Å². The molecule has 0 aliphatic carbocycles. The van der Waals surface area contributed by atoms with E-state index in [9.17, 15) is 8.42 Å². The number of imidazole rings is 1. The van der Waals surface area contributed by atoms with Crippen LogP contribution in [0, 0.1) is 0 Å². The Morgan fingerprint density at radius 2 is 1.92 bits per heavy atom. The molecule has 5 nitrogen and oxygen atoms in total. The highest BCUT2D eigenvalue weighted by molar-refractivity contribution is 7.89. The summed E-state index contributed by atoms with van der Waals surface area (Å²) in [6.45, 7) is 0.948. The van der Waals surface area contributed by atoms with Gasteiger partial charge in [0.1, 0.15) is 4.90 Å². The lowest BCUT2D eigenvalue weighted by Crippen LogP contribution is -2.25. The Morgan fingerprint density at radius 3 is 2.75 bits per heavy atom. The number of hydrogen-bond donors (Lipinski definition) is 1. The van der Waals surface area contributed by atoms with Crippen LogP contribution < -0.4 is 4.72 Å². The second-order valence-corrected chi connectivity index (χ2v) is 7.83. The van der Waals surface area contributed by atoms with Gasteiger partial charge in [-0.15, -0.1) is 0 Å². The van der Waals surface area contributed by atoms with Gasteiger partial charge in [0.15, 0.2) is 0 Å². The van der Waals surface area contributed by atoms with E-state index >= 15 is 0 Å². The maximum absolute atomic E-state index is 12.3. The molecule has 3 rings (SSSR count). The predicted molar refractivity (Wildman–Crippen MR) is 96.0 cm³/mol. The van der Waals surface area contributed by atoms with Crippen molar-refractivity contribution in [3.8, 4) is 0 Å². The number of sulfonamides is 1. The SMILES string of the molecule is O=S(=O)(NCCCn1cnc2ccccc21)c1cc(Cl)ccc1Cl. The van der Waals surface area contributed by atoms with Crippen LogP contribution in [-0.2, 0) is 16.6 Å². The first kappa shape index (κ1) is 17.2. The first-order chi connectivity index (χ1) is 11.5. The average molecular weight is 384 g/mol. The van der Waals surface area contributed by atoms with Crippen LogP contribution >= 0.6 is 23.2 Å². The van der Waals surface area contributed by atoms with E-state index in [1.54, 1.807) is 12.4 Å². The molecule has 1 heterocycles. The number of benzene rings is 2. The largest absolute Gasteiger partial charge is 0.331 e. The Balaban J connectivity index is 1.62. The number of aromatic nitrogens is 2. The zero-order chi connectivity index (χ0) is 17.2. The lowest BCUT2D eigenvalue weighted by atomic mass is 10.3. The van der Waals surface area contributed by atoms with Gasteiger partial charge in [0.25, 0.3) is 0 Å². The molecule has 1 aromatic heterocycles. The minimum atomic E-state index is -3.69. The van der Waals surface area contributed by atoms with Gasteiger partial charge < -0.3 is 4.57 Å². The highest BCUT2D eigenvalue weighted by Crippen LogP contribution is 2.24. The summed E-state index contributed by atoms with van der Waals surface area (Å²) in [6.07, 6.45) is 2.38. The van der Waals surface area contributed by atoms with E-state index in [0.29, 0.717) is 18.0 Å². The molecule has 0 aliphatic heterocycles. The summed E-state index contributed by atoms with van der Waals surface area (Å²) >= 11 is 11.8. The van der Waals surface area contributed by atoms with Crippen LogP contribution in [-0.4, -0.2) is 24.5 Å². The smallest absolute Gasteiger partial charge is 0.242 e. The number of fused-ring (bicyclic) bond motifs is 1. The molecule has 8 heteroatoms. The minimum absolute atomic E-state index is 0.00949. The minimum Gasteiger partial charge on any atom is -0.331 e. The van der Waals surface area contributed by atoms with E-state index in [1.807, 2.05) is 28.8 Å². The van der Waals surface area contributed by atoms with Crippen molar-refractivity contribution in [1.29, 1.82) is 0 Å². The highest BCUT2D eigenvalue weighted by atomic mass is 35.5. The molecule has 0 aliphatic rings. The molecule has 126 valence electrons. The number of aryl methyl sites for hydroxylation is 1.